The molecule has 2 heterocycles. The van der Waals surface area contributed by atoms with Gasteiger partial charge in [-0.2, -0.15) is 13.2 Å². The van der Waals surface area contributed by atoms with Gasteiger partial charge >= 0.3 is 6.18 Å². The fourth-order valence-corrected chi connectivity index (χ4v) is 1.86. The quantitative estimate of drug-likeness (QED) is 0.855. The predicted octanol–water partition coefficient (Wildman–Crippen LogP) is 3.27. The molecule has 0 aliphatic rings. The molecule has 1 atom stereocenters. The topological polar surface area (TPSA) is 54.9 Å². The Morgan fingerprint density at radius 1 is 1.19 bits per heavy atom. The molecule has 2 aromatic heterocycles. The van der Waals surface area contributed by atoms with E-state index in [-0.39, 0.29) is 11.1 Å². The van der Waals surface area contributed by atoms with Gasteiger partial charge in [0.2, 0.25) is 0 Å². The number of hydrogen-bond donors (Lipinski definition) is 1. The standard InChI is InChI=1S/C13H9BrF3N3O/c14-10-2-1-9(7-19-10)11(13(15,16)17)20-12(21)8-3-5-18-6-4-8/h1-7,11H,(H,20,21). The zero-order valence-corrected chi connectivity index (χ0v) is 12.0. The van der Waals surface area contributed by atoms with Crippen molar-refractivity contribution in [2.24, 2.45) is 0 Å². The molecule has 0 aliphatic heterocycles. The predicted molar refractivity (Wildman–Crippen MR) is 72.4 cm³/mol. The third-order valence-electron chi connectivity index (χ3n) is 2.63. The first-order valence-corrected chi connectivity index (χ1v) is 6.56. The number of halogens is 4. The van der Waals surface area contributed by atoms with Gasteiger partial charge in [-0.15, -0.1) is 0 Å². The smallest absolute Gasteiger partial charge is 0.337 e. The molecular formula is C13H9BrF3N3O. The Kier molecular flexibility index (Phi) is 4.56. The highest BCUT2D eigenvalue weighted by Gasteiger charge is 2.42. The van der Waals surface area contributed by atoms with E-state index < -0.39 is 18.1 Å². The third-order valence-corrected chi connectivity index (χ3v) is 3.10. The molecule has 8 heteroatoms. The van der Waals surface area contributed by atoms with Crippen molar-refractivity contribution >= 4 is 21.8 Å². The van der Waals surface area contributed by atoms with Crippen LogP contribution in [0.1, 0.15) is 22.0 Å². The summed E-state index contributed by atoms with van der Waals surface area (Å²) in [4.78, 5) is 19.3. The van der Waals surface area contributed by atoms with Crippen LogP contribution in [0.25, 0.3) is 0 Å². The Labute approximate surface area is 126 Å². The van der Waals surface area contributed by atoms with Crippen LogP contribution < -0.4 is 5.32 Å². The number of aromatic nitrogens is 2. The van der Waals surface area contributed by atoms with E-state index in [1.165, 1.54) is 36.7 Å². The van der Waals surface area contributed by atoms with Gasteiger partial charge in [-0.3, -0.25) is 9.78 Å². The van der Waals surface area contributed by atoms with Crippen LogP contribution in [-0.4, -0.2) is 22.1 Å². The molecule has 1 N–H and O–H groups in total. The number of carbonyl (C=O) groups is 1. The first-order chi connectivity index (χ1) is 9.88. The number of alkyl halides is 3. The van der Waals surface area contributed by atoms with Gasteiger partial charge in [0, 0.05) is 29.7 Å². The normalized spacial score (nSPS) is 12.8. The Morgan fingerprint density at radius 3 is 2.38 bits per heavy atom. The van der Waals surface area contributed by atoms with Crippen LogP contribution in [0.15, 0.2) is 47.5 Å². The second-order valence-corrected chi connectivity index (χ2v) is 4.91. The van der Waals surface area contributed by atoms with Crippen molar-refractivity contribution in [3.05, 3.63) is 58.6 Å². The molecule has 4 nitrogen and oxygen atoms in total. The van der Waals surface area contributed by atoms with E-state index >= 15 is 0 Å². The fraction of sp³-hybridized carbons (Fsp3) is 0.154. The van der Waals surface area contributed by atoms with Crippen molar-refractivity contribution in [3.63, 3.8) is 0 Å². The Hall–Kier alpha value is -1.96. The molecule has 21 heavy (non-hydrogen) atoms. The largest absolute Gasteiger partial charge is 0.412 e. The monoisotopic (exact) mass is 359 g/mol. The summed E-state index contributed by atoms with van der Waals surface area (Å²) < 4.78 is 39.8. The molecule has 0 aliphatic carbocycles. The molecule has 1 amide bonds. The molecule has 0 fully saturated rings. The van der Waals surface area contributed by atoms with E-state index in [1.54, 1.807) is 0 Å². The van der Waals surface area contributed by atoms with E-state index in [4.69, 9.17) is 0 Å². The van der Waals surface area contributed by atoms with Crippen LogP contribution in [0.3, 0.4) is 0 Å². The number of nitrogens with one attached hydrogen (secondary N) is 1. The minimum Gasteiger partial charge on any atom is -0.337 e. The zero-order valence-electron chi connectivity index (χ0n) is 10.4. The molecule has 0 saturated heterocycles. The van der Waals surface area contributed by atoms with Gasteiger partial charge in [0.1, 0.15) is 4.60 Å². The lowest BCUT2D eigenvalue weighted by molar-refractivity contribution is -0.155. The van der Waals surface area contributed by atoms with Crippen LogP contribution >= 0.6 is 15.9 Å². The van der Waals surface area contributed by atoms with E-state index in [0.717, 1.165) is 6.20 Å². The lowest BCUT2D eigenvalue weighted by atomic mass is 10.1. The highest BCUT2D eigenvalue weighted by Crippen LogP contribution is 2.32. The van der Waals surface area contributed by atoms with Crippen molar-refractivity contribution in [2.45, 2.75) is 12.2 Å². The Morgan fingerprint density at radius 2 is 1.86 bits per heavy atom. The number of pyridine rings is 2. The summed E-state index contributed by atoms with van der Waals surface area (Å²) in [5.74, 6) is -0.831. The summed E-state index contributed by atoms with van der Waals surface area (Å²) in [6.45, 7) is 0. The first-order valence-electron chi connectivity index (χ1n) is 5.77. The Balaban J connectivity index is 2.26. The maximum absolute atomic E-state index is 13.1. The van der Waals surface area contributed by atoms with E-state index in [0.29, 0.717) is 4.60 Å². The second-order valence-electron chi connectivity index (χ2n) is 4.10. The summed E-state index contributed by atoms with van der Waals surface area (Å²) in [5.41, 5.74) is -0.0440. The SMILES string of the molecule is O=C(NC(c1ccc(Br)nc1)C(F)(F)F)c1ccncc1. The molecule has 2 rings (SSSR count). The lowest BCUT2D eigenvalue weighted by Gasteiger charge is -2.21. The summed E-state index contributed by atoms with van der Waals surface area (Å²) in [5, 5.41) is 1.96. The van der Waals surface area contributed by atoms with Gasteiger partial charge in [-0.05, 0) is 34.1 Å². The van der Waals surface area contributed by atoms with Gasteiger partial charge in [0.25, 0.3) is 5.91 Å². The highest BCUT2D eigenvalue weighted by atomic mass is 79.9. The van der Waals surface area contributed by atoms with E-state index in [1.807, 2.05) is 5.32 Å². The van der Waals surface area contributed by atoms with Crippen molar-refractivity contribution in [3.8, 4) is 0 Å². The number of hydrogen-bond acceptors (Lipinski definition) is 3. The van der Waals surface area contributed by atoms with Gasteiger partial charge in [0.05, 0.1) is 0 Å². The number of carbonyl (C=O) groups excluding carboxylic acids is 1. The molecule has 2 aromatic rings. The average molecular weight is 360 g/mol. The van der Waals surface area contributed by atoms with Gasteiger partial charge < -0.3 is 5.32 Å². The summed E-state index contributed by atoms with van der Waals surface area (Å²) in [6.07, 6.45) is -0.898. The number of rotatable bonds is 3. The fourth-order valence-electron chi connectivity index (χ4n) is 1.63. The van der Waals surface area contributed by atoms with Crippen LogP contribution in [0, 0.1) is 0 Å². The van der Waals surface area contributed by atoms with Gasteiger partial charge in [-0.25, -0.2) is 4.98 Å². The molecule has 0 bridgehead atoms. The highest BCUT2D eigenvalue weighted by molar-refractivity contribution is 9.10. The third kappa shape index (κ3) is 4.01. The first kappa shape index (κ1) is 15.4. The van der Waals surface area contributed by atoms with Crippen LogP contribution in [0.4, 0.5) is 13.2 Å². The van der Waals surface area contributed by atoms with E-state index in [2.05, 4.69) is 25.9 Å². The number of nitrogens with zero attached hydrogens (tertiary/aromatic N) is 2. The summed E-state index contributed by atoms with van der Waals surface area (Å²) in [6, 6.07) is 3.18. The van der Waals surface area contributed by atoms with Crippen molar-refractivity contribution in [1.82, 2.24) is 15.3 Å². The molecule has 0 aromatic carbocycles. The average Bonchev–Trinajstić information content (AvgIpc) is 2.45. The second kappa shape index (κ2) is 6.21. The zero-order chi connectivity index (χ0) is 15.5. The minimum atomic E-state index is -4.63. The maximum atomic E-state index is 13.1. The summed E-state index contributed by atoms with van der Waals surface area (Å²) >= 11 is 3.05. The van der Waals surface area contributed by atoms with Crippen LogP contribution in [0.2, 0.25) is 0 Å². The molecule has 1 unspecified atom stereocenters. The summed E-state index contributed by atoms with van der Waals surface area (Å²) in [7, 11) is 0. The van der Waals surface area contributed by atoms with Gasteiger partial charge in [-0.1, -0.05) is 6.07 Å². The molecule has 0 saturated carbocycles. The Bertz CT molecular complexity index is 617. The van der Waals surface area contributed by atoms with Gasteiger partial charge in [0.15, 0.2) is 6.04 Å². The van der Waals surface area contributed by atoms with E-state index in [9.17, 15) is 18.0 Å². The number of amides is 1. The lowest BCUT2D eigenvalue weighted by Crippen LogP contribution is -2.38. The molecule has 110 valence electrons. The van der Waals surface area contributed by atoms with Crippen molar-refractivity contribution < 1.29 is 18.0 Å². The van der Waals surface area contributed by atoms with Crippen LogP contribution in [0.5, 0.6) is 0 Å². The van der Waals surface area contributed by atoms with Crippen LogP contribution in [-0.2, 0) is 0 Å². The van der Waals surface area contributed by atoms with Crippen molar-refractivity contribution in [1.29, 1.82) is 0 Å². The van der Waals surface area contributed by atoms with Crippen molar-refractivity contribution in [2.75, 3.05) is 0 Å². The molecular weight excluding hydrogens is 351 g/mol. The molecule has 0 spiro atoms. The molecule has 0 radical (unpaired) electrons. The maximum Gasteiger partial charge on any atom is 0.412 e. The minimum absolute atomic E-state index is 0.101.